The SMILES string of the molecule is O=C(O)C(C(=O)O)(c1ccccc1)C(F)F. The van der Waals surface area contributed by atoms with Gasteiger partial charge in [-0.1, -0.05) is 30.3 Å². The van der Waals surface area contributed by atoms with Crippen molar-refractivity contribution in [1.29, 1.82) is 0 Å². The van der Waals surface area contributed by atoms with Crippen molar-refractivity contribution in [3.63, 3.8) is 0 Å². The highest BCUT2D eigenvalue weighted by Gasteiger charge is 2.56. The number of carbonyl (C=O) groups is 2. The van der Waals surface area contributed by atoms with E-state index >= 15 is 0 Å². The maximum atomic E-state index is 12.8. The first-order valence-electron chi connectivity index (χ1n) is 4.24. The topological polar surface area (TPSA) is 74.6 Å². The molecule has 0 aliphatic heterocycles. The van der Waals surface area contributed by atoms with Crippen LogP contribution in [0.1, 0.15) is 5.56 Å². The summed E-state index contributed by atoms with van der Waals surface area (Å²) in [5, 5.41) is 17.5. The Bertz CT molecular complexity index is 389. The van der Waals surface area contributed by atoms with Gasteiger partial charge in [0.1, 0.15) is 0 Å². The second kappa shape index (κ2) is 4.26. The van der Waals surface area contributed by atoms with Crippen LogP contribution in [0, 0.1) is 0 Å². The monoisotopic (exact) mass is 230 g/mol. The van der Waals surface area contributed by atoms with Crippen LogP contribution in [0.4, 0.5) is 8.78 Å². The standard InChI is InChI=1S/C10H8F2O4/c11-7(12)10(8(13)14,9(15)16)6-4-2-1-3-5-6/h1-5,7H,(H,13,14)(H,15,16). The minimum absolute atomic E-state index is 0.454. The van der Waals surface area contributed by atoms with E-state index in [9.17, 15) is 18.4 Å². The van der Waals surface area contributed by atoms with Gasteiger partial charge in [0.15, 0.2) is 0 Å². The van der Waals surface area contributed by atoms with Gasteiger partial charge in [0, 0.05) is 0 Å². The van der Waals surface area contributed by atoms with E-state index in [4.69, 9.17) is 10.2 Å². The highest BCUT2D eigenvalue weighted by atomic mass is 19.3. The molecule has 0 amide bonds. The van der Waals surface area contributed by atoms with Crippen molar-refractivity contribution in [2.45, 2.75) is 11.8 Å². The Hall–Kier alpha value is -1.98. The number of hydrogen-bond acceptors (Lipinski definition) is 2. The molecule has 1 aromatic rings. The Balaban J connectivity index is 3.46. The third kappa shape index (κ3) is 1.62. The number of halogens is 2. The molecule has 1 rings (SSSR count). The summed E-state index contributed by atoms with van der Waals surface area (Å²) < 4.78 is 25.6. The van der Waals surface area contributed by atoms with Crippen molar-refractivity contribution in [2.75, 3.05) is 0 Å². The molecule has 0 spiro atoms. The summed E-state index contributed by atoms with van der Waals surface area (Å²) in [6, 6.07) is 6.18. The molecule has 0 heterocycles. The predicted octanol–water partition coefficient (Wildman–Crippen LogP) is 1.36. The van der Waals surface area contributed by atoms with Gasteiger partial charge in [-0.2, -0.15) is 0 Å². The van der Waals surface area contributed by atoms with Crippen LogP contribution in [0.3, 0.4) is 0 Å². The van der Waals surface area contributed by atoms with Gasteiger partial charge in [-0.05, 0) is 5.56 Å². The maximum Gasteiger partial charge on any atom is 0.331 e. The zero-order chi connectivity index (χ0) is 12.3. The van der Waals surface area contributed by atoms with Crippen LogP contribution < -0.4 is 0 Å². The lowest BCUT2D eigenvalue weighted by molar-refractivity contribution is -0.166. The Labute approximate surface area is 89.1 Å². The molecule has 0 saturated heterocycles. The lowest BCUT2D eigenvalue weighted by atomic mass is 9.81. The first-order chi connectivity index (χ1) is 7.44. The molecule has 4 nitrogen and oxygen atoms in total. The van der Waals surface area contributed by atoms with Crippen LogP contribution >= 0.6 is 0 Å². The molecule has 0 unspecified atom stereocenters. The first-order valence-corrected chi connectivity index (χ1v) is 4.24. The van der Waals surface area contributed by atoms with Gasteiger partial charge < -0.3 is 10.2 Å². The van der Waals surface area contributed by atoms with Crippen LogP contribution in [-0.4, -0.2) is 28.6 Å². The minimum Gasteiger partial charge on any atom is -0.480 e. The van der Waals surface area contributed by atoms with Crippen molar-refractivity contribution < 1.29 is 28.6 Å². The van der Waals surface area contributed by atoms with E-state index in [1.54, 1.807) is 0 Å². The quantitative estimate of drug-likeness (QED) is 0.766. The largest absolute Gasteiger partial charge is 0.480 e. The summed E-state index contributed by atoms with van der Waals surface area (Å²) in [5.41, 5.74) is -3.66. The zero-order valence-electron chi connectivity index (χ0n) is 7.93. The summed E-state index contributed by atoms with van der Waals surface area (Å²) in [7, 11) is 0. The molecule has 0 aliphatic carbocycles. The molecule has 16 heavy (non-hydrogen) atoms. The fourth-order valence-electron chi connectivity index (χ4n) is 1.35. The van der Waals surface area contributed by atoms with E-state index in [2.05, 4.69) is 0 Å². The summed E-state index contributed by atoms with van der Waals surface area (Å²) in [6.07, 6.45) is -3.54. The fourth-order valence-corrected chi connectivity index (χ4v) is 1.35. The molecule has 0 aromatic heterocycles. The van der Waals surface area contributed by atoms with Gasteiger partial charge in [0.2, 0.25) is 5.41 Å². The van der Waals surface area contributed by atoms with Crippen molar-refractivity contribution in [2.24, 2.45) is 0 Å². The molecular weight excluding hydrogens is 222 g/mol. The van der Waals surface area contributed by atoms with Gasteiger partial charge in [0.25, 0.3) is 6.43 Å². The Kier molecular flexibility index (Phi) is 3.22. The number of benzene rings is 1. The van der Waals surface area contributed by atoms with Gasteiger partial charge in [-0.3, -0.25) is 9.59 Å². The van der Waals surface area contributed by atoms with Crippen LogP contribution in [0.5, 0.6) is 0 Å². The molecule has 2 N–H and O–H groups in total. The summed E-state index contributed by atoms with van der Waals surface area (Å²) >= 11 is 0. The molecule has 0 aliphatic rings. The number of alkyl halides is 2. The highest BCUT2D eigenvalue weighted by molar-refractivity contribution is 6.05. The van der Waals surface area contributed by atoms with E-state index in [0.29, 0.717) is 0 Å². The molecular formula is C10H8F2O4. The Morgan fingerprint density at radius 1 is 1.06 bits per heavy atom. The van der Waals surface area contributed by atoms with Crippen molar-refractivity contribution in [1.82, 2.24) is 0 Å². The lowest BCUT2D eigenvalue weighted by Gasteiger charge is -2.24. The molecule has 0 radical (unpaired) electrons. The normalized spacial score (nSPS) is 11.4. The number of carboxylic acid groups (broad SMARTS) is 2. The van der Waals surface area contributed by atoms with Crippen LogP contribution in [0.15, 0.2) is 30.3 Å². The van der Waals surface area contributed by atoms with E-state index in [-0.39, 0.29) is 0 Å². The summed E-state index contributed by atoms with van der Waals surface area (Å²) in [6.45, 7) is 0. The predicted molar refractivity (Wildman–Crippen MR) is 49.4 cm³/mol. The molecule has 86 valence electrons. The van der Waals surface area contributed by atoms with E-state index in [0.717, 1.165) is 12.1 Å². The van der Waals surface area contributed by atoms with E-state index in [1.807, 2.05) is 0 Å². The second-order valence-electron chi connectivity index (χ2n) is 3.09. The van der Waals surface area contributed by atoms with Gasteiger partial charge >= 0.3 is 11.9 Å². The minimum atomic E-state index is -3.54. The fraction of sp³-hybridized carbons (Fsp3) is 0.200. The molecule has 0 saturated carbocycles. The van der Waals surface area contributed by atoms with Crippen molar-refractivity contribution in [3.8, 4) is 0 Å². The summed E-state index contributed by atoms with van der Waals surface area (Å²) in [4.78, 5) is 21.7. The van der Waals surface area contributed by atoms with Crippen molar-refractivity contribution >= 4 is 11.9 Å². The maximum absolute atomic E-state index is 12.8. The van der Waals surface area contributed by atoms with E-state index in [1.165, 1.54) is 18.2 Å². The van der Waals surface area contributed by atoms with Gasteiger partial charge in [-0.15, -0.1) is 0 Å². The third-order valence-corrected chi connectivity index (χ3v) is 2.23. The van der Waals surface area contributed by atoms with Gasteiger partial charge in [0.05, 0.1) is 0 Å². The molecule has 1 aromatic carbocycles. The van der Waals surface area contributed by atoms with Crippen LogP contribution in [-0.2, 0) is 15.0 Å². The first kappa shape index (κ1) is 12.1. The second-order valence-corrected chi connectivity index (χ2v) is 3.09. The Morgan fingerprint density at radius 3 is 1.81 bits per heavy atom. The van der Waals surface area contributed by atoms with Crippen LogP contribution in [0.25, 0.3) is 0 Å². The molecule has 0 bridgehead atoms. The van der Waals surface area contributed by atoms with Crippen molar-refractivity contribution in [3.05, 3.63) is 35.9 Å². The molecule has 6 heteroatoms. The number of hydrogen-bond donors (Lipinski definition) is 2. The highest BCUT2D eigenvalue weighted by Crippen LogP contribution is 2.32. The summed E-state index contributed by atoms with van der Waals surface area (Å²) in [5.74, 6) is -4.16. The number of carboxylic acids is 2. The molecule has 0 atom stereocenters. The average Bonchev–Trinajstić information content (AvgIpc) is 2.18. The smallest absolute Gasteiger partial charge is 0.331 e. The van der Waals surface area contributed by atoms with E-state index < -0.39 is 29.3 Å². The third-order valence-electron chi connectivity index (χ3n) is 2.23. The number of rotatable bonds is 4. The van der Waals surface area contributed by atoms with Crippen LogP contribution in [0.2, 0.25) is 0 Å². The zero-order valence-corrected chi connectivity index (χ0v) is 7.93. The average molecular weight is 230 g/mol. The van der Waals surface area contributed by atoms with Gasteiger partial charge in [-0.25, -0.2) is 8.78 Å². The lowest BCUT2D eigenvalue weighted by Crippen LogP contribution is -2.49. The molecule has 0 fully saturated rings. The Morgan fingerprint density at radius 2 is 1.50 bits per heavy atom. The number of aliphatic carboxylic acids is 2.